The van der Waals surface area contributed by atoms with Gasteiger partial charge in [0.2, 0.25) is 0 Å². The fourth-order valence-corrected chi connectivity index (χ4v) is 3.18. The Morgan fingerprint density at radius 1 is 0.357 bits per heavy atom. The molecule has 28 heavy (non-hydrogen) atoms. The quantitative estimate of drug-likeness (QED) is 0.120. The number of unbranched alkanes of at least 4 members (excludes halogenated alkanes) is 15. The van der Waals surface area contributed by atoms with Gasteiger partial charge < -0.3 is 0 Å². The van der Waals surface area contributed by atoms with E-state index >= 15 is 0 Å². The van der Waals surface area contributed by atoms with Crippen molar-refractivity contribution < 1.29 is 14.5 Å². The molecule has 0 atom stereocenters. The van der Waals surface area contributed by atoms with E-state index in [0.717, 1.165) is 19.3 Å². The summed E-state index contributed by atoms with van der Waals surface area (Å²) in [4.78, 5) is 17.2. The van der Waals surface area contributed by atoms with Gasteiger partial charge in [-0.2, -0.15) is 0 Å². The van der Waals surface area contributed by atoms with E-state index in [0.29, 0.717) is 19.8 Å². The molecular weight excluding hydrogens is 350 g/mol. The lowest BCUT2D eigenvalue weighted by Crippen LogP contribution is -2.26. The summed E-state index contributed by atoms with van der Waals surface area (Å²) in [5.74, 6) is 0. The summed E-state index contributed by atoms with van der Waals surface area (Å²) in [6.07, 6.45) is 22.7. The van der Waals surface area contributed by atoms with E-state index in [4.69, 9.17) is 14.5 Å². The van der Waals surface area contributed by atoms with Gasteiger partial charge >= 0.3 is 0 Å². The molecule has 0 heterocycles. The van der Waals surface area contributed by atoms with Crippen LogP contribution in [0.1, 0.15) is 136 Å². The third-order valence-corrected chi connectivity index (χ3v) is 5.08. The highest BCUT2D eigenvalue weighted by Gasteiger charge is 2.07. The second-order valence-electron chi connectivity index (χ2n) is 8.03. The summed E-state index contributed by atoms with van der Waals surface area (Å²) in [5, 5.41) is 1.31. The van der Waals surface area contributed by atoms with Gasteiger partial charge in [-0.15, -0.1) is 0 Å². The minimum Gasteiger partial charge on any atom is -0.251 e. The highest BCUT2D eigenvalue weighted by Crippen LogP contribution is 2.09. The Bertz CT molecular complexity index is 234. The maximum atomic E-state index is 5.73. The van der Waals surface area contributed by atoms with Gasteiger partial charge in [-0.1, -0.05) is 117 Å². The summed E-state index contributed by atoms with van der Waals surface area (Å²) < 4.78 is 0. The van der Waals surface area contributed by atoms with Crippen LogP contribution in [0, 0.1) is 0 Å². The second kappa shape index (κ2) is 24.9. The molecule has 0 aliphatic carbocycles. The van der Waals surface area contributed by atoms with Crippen molar-refractivity contribution in [2.75, 3.05) is 19.8 Å². The molecule has 0 spiro atoms. The first-order valence-electron chi connectivity index (χ1n) is 12.5. The number of nitrogens with zero attached hydrogens (tertiary/aromatic N) is 1. The van der Waals surface area contributed by atoms with E-state index in [2.05, 4.69) is 20.8 Å². The molecule has 0 saturated heterocycles. The third-order valence-electron chi connectivity index (χ3n) is 5.08. The monoisotopic (exact) mass is 401 g/mol. The van der Waals surface area contributed by atoms with Gasteiger partial charge in [-0.05, 0) is 19.3 Å². The van der Waals surface area contributed by atoms with E-state index in [-0.39, 0.29) is 0 Å². The summed E-state index contributed by atoms with van der Waals surface area (Å²) in [6.45, 7) is 8.80. The molecule has 4 heteroatoms. The smallest absolute Gasteiger partial charge is 0.0766 e. The molecule has 0 bridgehead atoms. The van der Waals surface area contributed by atoms with Gasteiger partial charge in [0.05, 0.1) is 25.2 Å². The van der Waals surface area contributed by atoms with Gasteiger partial charge in [-0.3, -0.25) is 14.5 Å². The Kier molecular flexibility index (Phi) is 24.7. The van der Waals surface area contributed by atoms with E-state index in [9.17, 15) is 0 Å². The molecule has 0 aromatic rings. The van der Waals surface area contributed by atoms with Crippen molar-refractivity contribution in [2.24, 2.45) is 0 Å². The van der Waals surface area contributed by atoms with Crippen LogP contribution >= 0.6 is 0 Å². The fourth-order valence-electron chi connectivity index (χ4n) is 3.18. The molecule has 0 N–H and O–H groups in total. The van der Waals surface area contributed by atoms with Gasteiger partial charge in [0.25, 0.3) is 0 Å². The highest BCUT2D eigenvalue weighted by molar-refractivity contribution is 4.44. The first-order chi connectivity index (χ1) is 13.8. The van der Waals surface area contributed by atoms with Crippen LogP contribution < -0.4 is 0 Å². The minimum atomic E-state index is 0.680. The zero-order valence-electron chi connectivity index (χ0n) is 19.5. The maximum absolute atomic E-state index is 5.73. The molecule has 0 unspecified atom stereocenters. The number of hydrogen-bond acceptors (Lipinski definition) is 4. The number of hydrogen-bond donors (Lipinski definition) is 0. The molecule has 0 fully saturated rings. The molecule has 170 valence electrons. The van der Waals surface area contributed by atoms with Crippen LogP contribution in [-0.4, -0.2) is 25.2 Å². The van der Waals surface area contributed by atoms with Crippen LogP contribution in [0.4, 0.5) is 0 Å². The van der Waals surface area contributed by atoms with Crippen LogP contribution in [0.3, 0.4) is 0 Å². The Hall–Kier alpha value is -0.160. The first kappa shape index (κ1) is 27.8. The molecular formula is C24H51NO3. The van der Waals surface area contributed by atoms with Crippen molar-refractivity contribution in [3.05, 3.63) is 0 Å². The average molecular weight is 402 g/mol. The van der Waals surface area contributed by atoms with Gasteiger partial charge in [-0.25, -0.2) is 0 Å². The van der Waals surface area contributed by atoms with E-state index in [1.807, 2.05) is 0 Å². The minimum absolute atomic E-state index is 0.680. The molecule has 0 radical (unpaired) electrons. The van der Waals surface area contributed by atoms with Crippen LogP contribution in [0.2, 0.25) is 0 Å². The Balaban J connectivity index is 3.80. The van der Waals surface area contributed by atoms with Crippen LogP contribution in [-0.2, 0) is 14.5 Å². The molecule has 0 saturated carbocycles. The lowest BCUT2D eigenvalue weighted by molar-refractivity contribution is -0.526. The van der Waals surface area contributed by atoms with E-state index < -0.39 is 0 Å². The zero-order chi connectivity index (χ0) is 20.5. The maximum Gasteiger partial charge on any atom is 0.0766 e. The van der Waals surface area contributed by atoms with Crippen molar-refractivity contribution in [1.82, 2.24) is 5.39 Å². The van der Waals surface area contributed by atoms with Crippen molar-refractivity contribution in [3.63, 3.8) is 0 Å². The Morgan fingerprint density at radius 3 is 0.893 bits per heavy atom. The topological polar surface area (TPSA) is 30.9 Å². The fraction of sp³-hybridized carbons (Fsp3) is 1.00. The summed E-state index contributed by atoms with van der Waals surface area (Å²) in [6, 6.07) is 0. The lowest BCUT2D eigenvalue weighted by Gasteiger charge is -2.20. The molecule has 0 amide bonds. The van der Waals surface area contributed by atoms with Gasteiger partial charge in [0.15, 0.2) is 0 Å². The Labute approximate surface area is 176 Å². The summed E-state index contributed by atoms with van der Waals surface area (Å²) >= 11 is 0. The van der Waals surface area contributed by atoms with E-state index in [1.165, 1.54) is 102 Å². The predicted molar refractivity (Wildman–Crippen MR) is 120 cm³/mol. The van der Waals surface area contributed by atoms with Crippen molar-refractivity contribution in [2.45, 2.75) is 136 Å². The number of rotatable bonds is 24. The zero-order valence-corrected chi connectivity index (χ0v) is 19.5. The molecule has 0 aliphatic heterocycles. The predicted octanol–water partition coefficient (Wildman–Crippen LogP) is 8.16. The van der Waals surface area contributed by atoms with Crippen LogP contribution in [0.5, 0.6) is 0 Å². The normalized spacial score (nSPS) is 11.6. The van der Waals surface area contributed by atoms with E-state index in [1.54, 1.807) is 0 Å². The SMILES string of the molecule is CCCCCCCCON(OCCCCCCCC)OCCCCCCCC. The van der Waals surface area contributed by atoms with Crippen molar-refractivity contribution in [1.29, 1.82) is 0 Å². The molecule has 0 aromatic carbocycles. The lowest BCUT2D eigenvalue weighted by atomic mass is 10.1. The average Bonchev–Trinajstić information content (AvgIpc) is 2.71. The van der Waals surface area contributed by atoms with Crippen molar-refractivity contribution >= 4 is 0 Å². The van der Waals surface area contributed by atoms with Gasteiger partial charge in [0.1, 0.15) is 0 Å². The third kappa shape index (κ3) is 22.1. The first-order valence-corrected chi connectivity index (χ1v) is 12.5. The Morgan fingerprint density at radius 2 is 0.607 bits per heavy atom. The highest BCUT2D eigenvalue weighted by atomic mass is 17.2. The summed E-state index contributed by atoms with van der Waals surface area (Å²) in [5.41, 5.74) is 0. The molecule has 4 nitrogen and oxygen atoms in total. The van der Waals surface area contributed by atoms with Gasteiger partial charge in [0, 0.05) is 0 Å². The molecule has 0 aliphatic rings. The standard InChI is InChI=1S/C24H51NO3/c1-4-7-10-13-16-19-22-26-25(27-23-20-17-14-11-8-5-2)28-24-21-18-15-12-9-6-3/h4-24H2,1-3H3. The largest absolute Gasteiger partial charge is 0.251 e. The summed E-state index contributed by atoms with van der Waals surface area (Å²) in [7, 11) is 0. The molecule has 0 aromatic heterocycles. The molecule has 0 rings (SSSR count). The van der Waals surface area contributed by atoms with Crippen molar-refractivity contribution in [3.8, 4) is 0 Å². The second-order valence-corrected chi connectivity index (χ2v) is 8.03. The van der Waals surface area contributed by atoms with Crippen LogP contribution in [0.15, 0.2) is 0 Å². The van der Waals surface area contributed by atoms with Crippen LogP contribution in [0.25, 0.3) is 0 Å².